The summed E-state index contributed by atoms with van der Waals surface area (Å²) < 4.78 is 0. The second-order valence-electron chi connectivity index (χ2n) is 1.88. The molecule has 0 unspecified atom stereocenters. The third-order valence-corrected chi connectivity index (χ3v) is 0.937. The standard InChI is InChI=1S/C7H12O/c1-3-4-5-6-7(2)8/h3H,1,4-6H2,2H3. The molecule has 0 aliphatic heterocycles. The highest BCUT2D eigenvalue weighted by atomic mass is 16.1. The molecule has 0 saturated carbocycles. The van der Waals surface area contributed by atoms with Gasteiger partial charge in [0, 0.05) is 6.42 Å². The molecule has 0 aromatic heterocycles. The van der Waals surface area contributed by atoms with Crippen LogP contribution in [0.3, 0.4) is 0 Å². The summed E-state index contributed by atoms with van der Waals surface area (Å²) in [6.45, 7) is 5.16. The number of allylic oxidation sites excluding steroid dienone is 1. The van der Waals surface area contributed by atoms with E-state index in [9.17, 15) is 4.79 Å². The number of carbonyl (C=O) groups excluding carboxylic acids is 1. The lowest BCUT2D eigenvalue weighted by atomic mass is 10.2. The van der Waals surface area contributed by atoms with E-state index in [1.165, 1.54) is 0 Å². The zero-order valence-corrected chi connectivity index (χ0v) is 5.31. The predicted octanol–water partition coefficient (Wildman–Crippen LogP) is 1.93. The Balaban J connectivity index is 2.93. The smallest absolute Gasteiger partial charge is 0.129 e. The first-order valence-electron chi connectivity index (χ1n) is 2.87. The summed E-state index contributed by atoms with van der Waals surface area (Å²) in [5, 5.41) is 0. The van der Waals surface area contributed by atoms with Crippen molar-refractivity contribution in [3.8, 4) is 0 Å². The van der Waals surface area contributed by atoms with Gasteiger partial charge in [0.1, 0.15) is 5.78 Å². The number of hydrogen-bond donors (Lipinski definition) is 0. The van der Waals surface area contributed by atoms with Gasteiger partial charge in [0.25, 0.3) is 0 Å². The lowest BCUT2D eigenvalue weighted by Gasteiger charge is -1.88. The molecule has 8 heavy (non-hydrogen) atoms. The highest BCUT2D eigenvalue weighted by molar-refractivity contribution is 5.75. The van der Waals surface area contributed by atoms with Gasteiger partial charge in [-0.15, -0.1) is 6.58 Å². The lowest BCUT2D eigenvalue weighted by molar-refractivity contribution is -0.117. The van der Waals surface area contributed by atoms with Crippen molar-refractivity contribution in [2.24, 2.45) is 0 Å². The monoisotopic (exact) mass is 112 g/mol. The van der Waals surface area contributed by atoms with Crippen LogP contribution in [0.4, 0.5) is 0 Å². The van der Waals surface area contributed by atoms with Gasteiger partial charge < -0.3 is 4.79 Å². The van der Waals surface area contributed by atoms with E-state index in [4.69, 9.17) is 0 Å². The van der Waals surface area contributed by atoms with E-state index in [1.54, 1.807) is 6.92 Å². The molecule has 0 amide bonds. The maximum atomic E-state index is 10.3. The second-order valence-corrected chi connectivity index (χ2v) is 1.88. The van der Waals surface area contributed by atoms with Crippen molar-refractivity contribution >= 4 is 5.78 Å². The highest BCUT2D eigenvalue weighted by Crippen LogP contribution is 1.94. The van der Waals surface area contributed by atoms with E-state index < -0.39 is 0 Å². The minimum atomic E-state index is 0.270. The lowest BCUT2D eigenvalue weighted by Crippen LogP contribution is -1.87. The van der Waals surface area contributed by atoms with Crippen LogP contribution in [0.5, 0.6) is 0 Å². The van der Waals surface area contributed by atoms with Crippen molar-refractivity contribution in [3.63, 3.8) is 0 Å². The Labute approximate surface area is 50.4 Å². The van der Waals surface area contributed by atoms with Gasteiger partial charge in [0.15, 0.2) is 0 Å². The third kappa shape index (κ3) is 5.41. The number of Topliss-reactive ketones (excluding diaryl/α,β-unsaturated/α-hetero) is 1. The normalized spacial score (nSPS) is 8.62. The van der Waals surface area contributed by atoms with Gasteiger partial charge in [-0.3, -0.25) is 0 Å². The quantitative estimate of drug-likeness (QED) is 0.401. The zero-order valence-electron chi connectivity index (χ0n) is 5.31. The summed E-state index contributed by atoms with van der Waals surface area (Å²) in [5.74, 6) is 0.270. The first-order chi connectivity index (χ1) is 3.77. The fourth-order valence-electron chi connectivity index (χ4n) is 0.495. The van der Waals surface area contributed by atoms with Crippen LogP contribution in [0, 0.1) is 0 Å². The summed E-state index contributed by atoms with van der Waals surface area (Å²) in [5.41, 5.74) is 0. The number of hydrogen-bond acceptors (Lipinski definition) is 1. The van der Waals surface area contributed by atoms with Gasteiger partial charge in [0.05, 0.1) is 0 Å². The molecule has 0 aliphatic carbocycles. The summed E-state index contributed by atoms with van der Waals surface area (Å²) in [7, 11) is 0. The second kappa shape index (κ2) is 4.57. The van der Waals surface area contributed by atoms with Gasteiger partial charge in [-0.05, 0) is 19.8 Å². The molecule has 0 radical (unpaired) electrons. The van der Waals surface area contributed by atoms with E-state index >= 15 is 0 Å². The van der Waals surface area contributed by atoms with Gasteiger partial charge in [-0.2, -0.15) is 0 Å². The van der Waals surface area contributed by atoms with Gasteiger partial charge in [-0.1, -0.05) is 6.08 Å². The molecule has 0 rings (SSSR count). The molecule has 0 heterocycles. The maximum absolute atomic E-state index is 10.3. The van der Waals surface area contributed by atoms with Gasteiger partial charge in [-0.25, -0.2) is 0 Å². The molecule has 46 valence electrons. The molecule has 1 heteroatoms. The Hall–Kier alpha value is -0.590. The Morgan fingerprint density at radius 1 is 1.75 bits per heavy atom. The summed E-state index contributed by atoms with van der Waals surface area (Å²) in [6.07, 6.45) is 4.45. The van der Waals surface area contributed by atoms with Crippen LogP contribution in [-0.4, -0.2) is 5.78 Å². The Morgan fingerprint density at radius 2 is 2.38 bits per heavy atom. The minimum absolute atomic E-state index is 0.270. The molecule has 0 fully saturated rings. The van der Waals surface area contributed by atoms with Crippen LogP contribution >= 0.6 is 0 Å². The van der Waals surface area contributed by atoms with Crippen molar-refractivity contribution in [2.45, 2.75) is 26.2 Å². The van der Waals surface area contributed by atoms with Crippen molar-refractivity contribution < 1.29 is 4.79 Å². The van der Waals surface area contributed by atoms with Crippen LogP contribution in [0.25, 0.3) is 0 Å². The number of rotatable bonds is 4. The van der Waals surface area contributed by atoms with Crippen LogP contribution in [0.1, 0.15) is 26.2 Å². The molecule has 0 aromatic carbocycles. The van der Waals surface area contributed by atoms with Gasteiger partial charge in [0.2, 0.25) is 0 Å². The largest absolute Gasteiger partial charge is 0.300 e. The summed E-state index contributed by atoms with van der Waals surface area (Å²) in [6, 6.07) is 0. The summed E-state index contributed by atoms with van der Waals surface area (Å²) in [4.78, 5) is 10.3. The third-order valence-electron chi connectivity index (χ3n) is 0.937. The molecule has 0 atom stereocenters. The van der Waals surface area contributed by atoms with Crippen LogP contribution in [0.2, 0.25) is 0 Å². The topological polar surface area (TPSA) is 17.1 Å². The Kier molecular flexibility index (Phi) is 4.23. The summed E-state index contributed by atoms with van der Waals surface area (Å²) >= 11 is 0. The first-order valence-corrected chi connectivity index (χ1v) is 2.87. The minimum Gasteiger partial charge on any atom is -0.300 e. The first kappa shape index (κ1) is 7.41. The number of ketones is 1. The molecule has 0 aliphatic rings. The SMILES string of the molecule is C=CCCCC(C)=O. The average Bonchev–Trinajstić information content (AvgIpc) is 1.66. The fourth-order valence-corrected chi connectivity index (χ4v) is 0.495. The molecular weight excluding hydrogens is 100 g/mol. The van der Waals surface area contributed by atoms with E-state index in [0.29, 0.717) is 6.42 Å². The highest BCUT2D eigenvalue weighted by Gasteiger charge is 1.88. The van der Waals surface area contributed by atoms with E-state index in [0.717, 1.165) is 12.8 Å². The fraction of sp³-hybridized carbons (Fsp3) is 0.571. The zero-order chi connectivity index (χ0) is 6.41. The Morgan fingerprint density at radius 3 is 2.75 bits per heavy atom. The average molecular weight is 112 g/mol. The number of unbranched alkanes of at least 4 members (excludes halogenated alkanes) is 1. The molecule has 0 aromatic rings. The van der Waals surface area contributed by atoms with Crippen LogP contribution in [-0.2, 0) is 4.79 Å². The molecule has 1 nitrogen and oxygen atoms in total. The molecule has 0 saturated heterocycles. The van der Waals surface area contributed by atoms with Crippen molar-refractivity contribution in [1.82, 2.24) is 0 Å². The molecular formula is C7H12O. The Bertz CT molecular complexity index is 84.4. The van der Waals surface area contributed by atoms with Crippen molar-refractivity contribution in [1.29, 1.82) is 0 Å². The molecule has 0 bridgehead atoms. The van der Waals surface area contributed by atoms with Crippen LogP contribution < -0.4 is 0 Å². The predicted molar refractivity (Wildman–Crippen MR) is 34.7 cm³/mol. The van der Waals surface area contributed by atoms with Gasteiger partial charge >= 0.3 is 0 Å². The maximum Gasteiger partial charge on any atom is 0.129 e. The van der Waals surface area contributed by atoms with E-state index in [2.05, 4.69) is 6.58 Å². The van der Waals surface area contributed by atoms with Crippen LogP contribution in [0.15, 0.2) is 12.7 Å². The van der Waals surface area contributed by atoms with Crippen molar-refractivity contribution in [2.75, 3.05) is 0 Å². The molecule has 0 spiro atoms. The molecule has 0 N–H and O–H groups in total. The number of carbonyl (C=O) groups is 1. The van der Waals surface area contributed by atoms with E-state index in [-0.39, 0.29) is 5.78 Å². The van der Waals surface area contributed by atoms with E-state index in [1.807, 2.05) is 6.08 Å². The van der Waals surface area contributed by atoms with Crippen molar-refractivity contribution in [3.05, 3.63) is 12.7 Å².